The second-order valence-electron chi connectivity index (χ2n) is 5.68. The highest BCUT2D eigenvalue weighted by Crippen LogP contribution is 2.30. The number of amides is 1. The lowest BCUT2D eigenvalue weighted by molar-refractivity contribution is 0.0784. The van der Waals surface area contributed by atoms with Gasteiger partial charge in [0.25, 0.3) is 5.91 Å². The summed E-state index contributed by atoms with van der Waals surface area (Å²) in [5, 5.41) is 3.72. The van der Waals surface area contributed by atoms with E-state index in [0.29, 0.717) is 12.1 Å². The van der Waals surface area contributed by atoms with Crippen molar-refractivity contribution in [2.75, 3.05) is 7.05 Å². The lowest BCUT2D eigenvalue weighted by Crippen LogP contribution is -2.26. The van der Waals surface area contributed by atoms with E-state index in [1.165, 1.54) is 0 Å². The highest BCUT2D eigenvalue weighted by atomic mass is 32.2. The average Bonchev–Trinajstić information content (AvgIpc) is 2.89. The maximum atomic E-state index is 12.5. The summed E-state index contributed by atoms with van der Waals surface area (Å²) in [6.07, 6.45) is 3.45. The molecule has 2 heterocycles. The van der Waals surface area contributed by atoms with Crippen LogP contribution in [-0.4, -0.2) is 32.6 Å². The number of nitrogens with zero attached hydrogens (tertiary/aromatic N) is 3. The van der Waals surface area contributed by atoms with Crippen LogP contribution in [0.15, 0.2) is 34.9 Å². The second-order valence-corrected chi connectivity index (χ2v) is 8.51. The number of hydrogen-bond donors (Lipinski definition) is 0. The average molecular weight is 321 g/mol. The van der Waals surface area contributed by atoms with Gasteiger partial charge in [0.05, 0.1) is 11.6 Å². The molecule has 0 bridgehead atoms. The molecule has 0 spiro atoms. The molecule has 0 aliphatic heterocycles. The van der Waals surface area contributed by atoms with Crippen molar-refractivity contribution in [1.29, 1.82) is 0 Å². The molecule has 0 saturated heterocycles. The molecule has 0 fully saturated rings. The fourth-order valence-electron chi connectivity index (χ4n) is 1.74. The van der Waals surface area contributed by atoms with Crippen molar-refractivity contribution >= 4 is 29.0 Å². The molecule has 0 aromatic carbocycles. The van der Waals surface area contributed by atoms with E-state index in [2.05, 4.69) is 30.7 Å². The van der Waals surface area contributed by atoms with E-state index >= 15 is 0 Å². The summed E-state index contributed by atoms with van der Waals surface area (Å²) in [7, 11) is 1.79. The summed E-state index contributed by atoms with van der Waals surface area (Å²) in [6, 6.07) is 3.62. The van der Waals surface area contributed by atoms with Crippen LogP contribution in [-0.2, 0) is 6.54 Å². The van der Waals surface area contributed by atoms with Crippen molar-refractivity contribution < 1.29 is 4.79 Å². The van der Waals surface area contributed by atoms with Gasteiger partial charge in [-0.1, -0.05) is 20.8 Å². The zero-order valence-corrected chi connectivity index (χ0v) is 14.3. The minimum atomic E-state index is -0.0108. The Labute approximate surface area is 133 Å². The molecule has 4 nitrogen and oxygen atoms in total. The number of carbonyl (C=O) groups excluding carboxylic acids is 1. The van der Waals surface area contributed by atoms with Gasteiger partial charge in [0, 0.05) is 35.1 Å². The minimum Gasteiger partial charge on any atom is -0.335 e. The van der Waals surface area contributed by atoms with Gasteiger partial charge in [-0.2, -0.15) is 0 Å². The van der Waals surface area contributed by atoms with Crippen molar-refractivity contribution in [3.8, 4) is 0 Å². The van der Waals surface area contributed by atoms with E-state index in [9.17, 15) is 4.79 Å². The maximum absolute atomic E-state index is 12.5. The molecule has 0 aliphatic carbocycles. The van der Waals surface area contributed by atoms with Crippen LogP contribution < -0.4 is 0 Å². The normalized spacial score (nSPS) is 11.4. The first-order chi connectivity index (χ1) is 9.85. The predicted octanol–water partition coefficient (Wildman–Crippen LogP) is 3.70. The molecule has 0 radical (unpaired) electrons. The Hall–Kier alpha value is -1.40. The van der Waals surface area contributed by atoms with Crippen LogP contribution in [0.2, 0.25) is 0 Å². The Morgan fingerprint density at radius 2 is 2.10 bits per heavy atom. The van der Waals surface area contributed by atoms with Gasteiger partial charge < -0.3 is 4.90 Å². The van der Waals surface area contributed by atoms with E-state index < -0.39 is 0 Å². The summed E-state index contributed by atoms with van der Waals surface area (Å²) in [5.74, 6) is -0.0108. The molecule has 6 heteroatoms. The van der Waals surface area contributed by atoms with E-state index in [-0.39, 0.29) is 10.7 Å². The quantitative estimate of drug-likeness (QED) is 0.806. The summed E-state index contributed by atoms with van der Waals surface area (Å²) in [4.78, 5) is 22.7. The molecular weight excluding hydrogens is 302 g/mol. The number of carbonyl (C=O) groups is 1. The molecule has 2 rings (SSSR count). The van der Waals surface area contributed by atoms with E-state index in [1.54, 1.807) is 53.5 Å². The Morgan fingerprint density at radius 1 is 1.33 bits per heavy atom. The van der Waals surface area contributed by atoms with Crippen molar-refractivity contribution in [3.05, 3.63) is 40.5 Å². The highest BCUT2D eigenvalue weighted by Gasteiger charge is 2.17. The SMILES string of the molecule is CN(Cc1nccs1)C(=O)c1ccnc(SC(C)(C)C)c1. The van der Waals surface area contributed by atoms with Gasteiger partial charge in [-0.25, -0.2) is 9.97 Å². The predicted molar refractivity (Wildman–Crippen MR) is 87.8 cm³/mol. The molecule has 1 amide bonds. The lowest BCUT2D eigenvalue weighted by Gasteiger charge is -2.18. The molecule has 112 valence electrons. The van der Waals surface area contributed by atoms with Gasteiger partial charge in [-0.3, -0.25) is 4.79 Å². The number of pyridine rings is 1. The highest BCUT2D eigenvalue weighted by molar-refractivity contribution is 8.00. The molecule has 21 heavy (non-hydrogen) atoms. The molecule has 0 unspecified atom stereocenters. The fraction of sp³-hybridized carbons (Fsp3) is 0.400. The molecule has 0 N–H and O–H groups in total. The van der Waals surface area contributed by atoms with E-state index in [1.807, 2.05) is 11.4 Å². The Bertz CT molecular complexity index is 606. The van der Waals surface area contributed by atoms with Gasteiger partial charge in [-0.15, -0.1) is 23.1 Å². The number of rotatable bonds is 4. The summed E-state index contributed by atoms with van der Waals surface area (Å²) < 4.78 is 0.0709. The standard InChI is InChI=1S/C15H19N3OS2/c1-15(2,3)21-12-9-11(5-6-16-12)14(19)18(4)10-13-17-7-8-20-13/h5-9H,10H2,1-4H3. The molecule has 2 aromatic rings. The third-order valence-electron chi connectivity index (χ3n) is 2.60. The third kappa shape index (κ3) is 4.82. The first-order valence-electron chi connectivity index (χ1n) is 6.64. The Morgan fingerprint density at radius 3 is 2.71 bits per heavy atom. The zero-order valence-electron chi connectivity index (χ0n) is 12.7. The first kappa shape index (κ1) is 16.0. The van der Waals surface area contributed by atoms with Crippen LogP contribution in [0.25, 0.3) is 0 Å². The maximum Gasteiger partial charge on any atom is 0.254 e. The number of aromatic nitrogens is 2. The third-order valence-corrected chi connectivity index (χ3v) is 4.40. The topological polar surface area (TPSA) is 46.1 Å². The van der Waals surface area contributed by atoms with E-state index in [4.69, 9.17) is 0 Å². The number of thioether (sulfide) groups is 1. The summed E-state index contributed by atoms with van der Waals surface area (Å²) in [5.41, 5.74) is 0.663. The summed E-state index contributed by atoms with van der Waals surface area (Å²) >= 11 is 3.21. The van der Waals surface area contributed by atoms with E-state index in [0.717, 1.165) is 10.0 Å². The minimum absolute atomic E-state index is 0.0108. The monoisotopic (exact) mass is 321 g/mol. The van der Waals surface area contributed by atoms with Crippen molar-refractivity contribution in [2.24, 2.45) is 0 Å². The molecule has 0 saturated carbocycles. The first-order valence-corrected chi connectivity index (χ1v) is 8.34. The molecular formula is C15H19N3OS2. The van der Waals surface area contributed by atoms with Gasteiger partial charge >= 0.3 is 0 Å². The largest absolute Gasteiger partial charge is 0.335 e. The van der Waals surface area contributed by atoms with Gasteiger partial charge in [-0.05, 0) is 12.1 Å². The van der Waals surface area contributed by atoms with Crippen LogP contribution >= 0.6 is 23.1 Å². The Kier molecular flexibility index (Phi) is 5.00. The molecule has 2 aromatic heterocycles. The molecule has 0 atom stereocenters. The zero-order chi connectivity index (χ0) is 15.5. The smallest absolute Gasteiger partial charge is 0.254 e. The number of thiazole rings is 1. The second kappa shape index (κ2) is 6.58. The van der Waals surface area contributed by atoms with Crippen molar-refractivity contribution in [3.63, 3.8) is 0 Å². The van der Waals surface area contributed by atoms with Crippen molar-refractivity contribution in [1.82, 2.24) is 14.9 Å². The van der Waals surface area contributed by atoms with Crippen LogP contribution in [0, 0.1) is 0 Å². The number of hydrogen-bond acceptors (Lipinski definition) is 5. The lowest BCUT2D eigenvalue weighted by atomic mass is 10.2. The van der Waals surface area contributed by atoms with Gasteiger partial charge in [0.1, 0.15) is 5.01 Å². The molecule has 0 aliphatic rings. The van der Waals surface area contributed by atoms with Crippen molar-refractivity contribution in [2.45, 2.75) is 37.1 Å². The van der Waals surface area contributed by atoms with Crippen LogP contribution in [0.3, 0.4) is 0 Å². The fourth-order valence-corrected chi connectivity index (χ4v) is 3.33. The summed E-state index contributed by atoms with van der Waals surface area (Å²) in [6.45, 7) is 6.91. The Balaban J connectivity index is 2.10. The van der Waals surface area contributed by atoms with Crippen LogP contribution in [0.4, 0.5) is 0 Å². The van der Waals surface area contributed by atoms with Gasteiger partial charge in [0.15, 0.2) is 0 Å². The van der Waals surface area contributed by atoms with Gasteiger partial charge in [0.2, 0.25) is 0 Å². The van der Waals surface area contributed by atoms with Crippen LogP contribution in [0.1, 0.15) is 36.1 Å². The van der Waals surface area contributed by atoms with Crippen LogP contribution in [0.5, 0.6) is 0 Å².